The summed E-state index contributed by atoms with van der Waals surface area (Å²) in [6.07, 6.45) is 3.28. The number of hydrogen-bond donors (Lipinski definition) is 2. The largest absolute Gasteiger partial charge is 0.380 e. The third-order valence-electron chi connectivity index (χ3n) is 4.01. The zero-order valence-corrected chi connectivity index (χ0v) is 10.8. The second-order valence-corrected chi connectivity index (χ2v) is 5.89. The molecule has 98 valence electrons. The van der Waals surface area contributed by atoms with Crippen LogP contribution in [-0.2, 0) is 11.2 Å². The maximum absolute atomic E-state index is 11.3. The number of H-pyrrole nitrogens is 1. The standard InChI is InChI=1S/C14H20N2O2/c1-14(8-18-9-14)7-15-11-3-2-4-12-10(11)5-6-13(17)16-12/h5-6,11,15H,2-4,7-9H2,1H3,(H,16,17). The Labute approximate surface area is 107 Å². The Hall–Kier alpha value is -1.13. The normalized spacial score (nSPS) is 25.3. The predicted octanol–water partition coefficient (Wildman–Crippen LogP) is 1.38. The zero-order valence-electron chi connectivity index (χ0n) is 10.8. The lowest BCUT2D eigenvalue weighted by atomic mass is 9.86. The highest BCUT2D eigenvalue weighted by Gasteiger charge is 2.34. The van der Waals surface area contributed by atoms with Gasteiger partial charge < -0.3 is 15.0 Å². The van der Waals surface area contributed by atoms with Crippen molar-refractivity contribution in [1.29, 1.82) is 0 Å². The van der Waals surface area contributed by atoms with Gasteiger partial charge in [-0.3, -0.25) is 4.79 Å². The van der Waals surface area contributed by atoms with Gasteiger partial charge in [-0.15, -0.1) is 0 Å². The summed E-state index contributed by atoms with van der Waals surface area (Å²) in [5.41, 5.74) is 2.68. The molecular weight excluding hydrogens is 228 g/mol. The lowest BCUT2D eigenvalue weighted by molar-refractivity contribution is -0.100. The molecule has 3 rings (SSSR count). The summed E-state index contributed by atoms with van der Waals surface area (Å²) in [5, 5.41) is 3.64. The fourth-order valence-corrected chi connectivity index (χ4v) is 2.83. The molecule has 1 fully saturated rings. The number of aromatic nitrogens is 1. The molecule has 1 aliphatic carbocycles. The first-order valence-corrected chi connectivity index (χ1v) is 6.70. The van der Waals surface area contributed by atoms with Gasteiger partial charge in [0.15, 0.2) is 0 Å². The van der Waals surface area contributed by atoms with Crippen LogP contribution in [0.1, 0.15) is 37.1 Å². The third kappa shape index (κ3) is 2.22. The Morgan fingerprint density at radius 2 is 2.33 bits per heavy atom. The topological polar surface area (TPSA) is 54.1 Å². The van der Waals surface area contributed by atoms with Crippen molar-refractivity contribution in [2.75, 3.05) is 19.8 Å². The van der Waals surface area contributed by atoms with Crippen molar-refractivity contribution in [3.8, 4) is 0 Å². The van der Waals surface area contributed by atoms with Crippen molar-refractivity contribution < 1.29 is 4.74 Å². The maximum atomic E-state index is 11.3. The maximum Gasteiger partial charge on any atom is 0.248 e. The smallest absolute Gasteiger partial charge is 0.248 e. The molecule has 2 heterocycles. The van der Waals surface area contributed by atoms with E-state index in [2.05, 4.69) is 17.2 Å². The molecule has 2 aliphatic rings. The fraction of sp³-hybridized carbons (Fsp3) is 0.643. The van der Waals surface area contributed by atoms with Crippen LogP contribution in [0.25, 0.3) is 0 Å². The van der Waals surface area contributed by atoms with E-state index in [1.54, 1.807) is 6.07 Å². The number of hydrogen-bond acceptors (Lipinski definition) is 3. The molecule has 1 saturated heterocycles. The number of rotatable bonds is 3. The van der Waals surface area contributed by atoms with E-state index in [0.717, 1.165) is 44.7 Å². The summed E-state index contributed by atoms with van der Waals surface area (Å²) >= 11 is 0. The molecule has 1 unspecified atom stereocenters. The van der Waals surface area contributed by atoms with E-state index >= 15 is 0 Å². The molecule has 0 spiro atoms. The van der Waals surface area contributed by atoms with Gasteiger partial charge in [0.2, 0.25) is 5.56 Å². The lowest BCUT2D eigenvalue weighted by Gasteiger charge is -2.40. The number of aryl methyl sites for hydroxylation is 1. The predicted molar refractivity (Wildman–Crippen MR) is 69.7 cm³/mol. The van der Waals surface area contributed by atoms with E-state index < -0.39 is 0 Å². The van der Waals surface area contributed by atoms with E-state index in [1.165, 1.54) is 5.56 Å². The van der Waals surface area contributed by atoms with Gasteiger partial charge in [-0.25, -0.2) is 0 Å². The van der Waals surface area contributed by atoms with Gasteiger partial charge in [-0.1, -0.05) is 13.0 Å². The molecule has 1 aromatic heterocycles. The van der Waals surface area contributed by atoms with Gasteiger partial charge in [-0.2, -0.15) is 0 Å². The second kappa shape index (κ2) is 4.52. The zero-order chi connectivity index (χ0) is 12.6. The molecule has 0 saturated carbocycles. The van der Waals surface area contributed by atoms with Gasteiger partial charge in [-0.05, 0) is 24.8 Å². The van der Waals surface area contributed by atoms with Crippen LogP contribution in [0, 0.1) is 5.41 Å². The highest BCUT2D eigenvalue weighted by Crippen LogP contribution is 2.30. The van der Waals surface area contributed by atoms with Crippen molar-refractivity contribution in [1.82, 2.24) is 10.3 Å². The number of ether oxygens (including phenoxy) is 1. The van der Waals surface area contributed by atoms with E-state index in [0.29, 0.717) is 11.5 Å². The molecule has 1 aromatic rings. The average Bonchev–Trinajstić information content (AvgIpc) is 2.33. The highest BCUT2D eigenvalue weighted by atomic mass is 16.5. The van der Waals surface area contributed by atoms with Crippen LogP contribution >= 0.6 is 0 Å². The molecule has 0 aromatic carbocycles. The Balaban J connectivity index is 1.73. The summed E-state index contributed by atoms with van der Waals surface area (Å²) in [6.45, 7) is 4.94. The third-order valence-corrected chi connectivity index (χ3v) is 4.01. The Bertz CT molecular complexity index is 491. The summed E-state index contributed by atoms with van der Waals surface area (Å²) in [4.78, 5) is 14.3. The summed E-state index contributed by atoms with van der Waals surface area (Å²) in [6, 6.07) is 3.99. The molecule has 18 heavy (non-hydrogen) atoms. The summed E-state index contributed by atoms with van der Waals surface area (Å²) < 4.78 is 5.28. The number of fused-ring (bicyclic) bond motifs is 1. The second-order valence-electron chi connectivity index (χ2n) is 5.89. The highest BCUT2D eigenvalue weighted by molar-refractivity contribution is 5.26. The first kappa shape index (κ1) is 11.9. The van der Waals surface area contributed by atoms with Crippen molar-refractivity contribution in [2.45, 2.75) is 32.2 Å². The molecule has 0 radical (unpaired) electrons. The Morgan fingerprint density at radius 3 is 3.06 bits per heavy atom. The SMILES string of the molecule is CC1(CNC2CCCc3[nH]c(=O)ccc32)COC1. The van der Waals surface area contributed by atoms with Crippen LogP contribution in [0.2, 0.25) is 0 Å². The molecular formula is C14H20N2O2. The number of pyridine rings is 1. The molecule has 4 nitrogen and oxygen atoms in total. The van der Waals surface area contributed by atoms with Gasteiger partial charge in [0.25, 0.3) is 0 Å². The van der Waals surface area contributed by atoms with Crippen LogP contribution in [0.3, 0.4) is 0 Å². The van der Waals surface area contributed by atoms with Crippen LogP contribution in [-0.4, -0.2) is 24.7 Å². The monoisotopic (exact) mass is 248 g/mol. The van der Waals surface area contributed by atoms with Gasteiger partial charge in [0, 0.05) is 29.8 Å². The van der Waals surface area contributed by atoms with E-state index in [9.17, 15) is 4.79 Å². The molecule has 1 atom stereocenters. The van der Waals surface area contributed by atoms with Crippen molar-refractivity contribution in [3.05, 3.63) is 33.7 Å². The number of aromatic amines is 1. The van der Waals surface area contributed by atoms with E-state index in [4.69, 9.17) is 4.74 Å². The average molecular weight is 248 g/mol. The molecule has 2 N–H and O–H groups in total. The minimum atomic E-state index is 0.00811. The summed E-state index contributed by atoms with van der Waals surface area (Å²) in [7, 11) is 0. The van der Waals surface area contributed by atoms with E-state index in [1.807, 2.05) is 6.07 Å². The minimum absolute atomic E-state index is 0.00811. The first-order valence-electron chi connectivity index (χ1n) is 6.70. The summed E-state index contributed by atoms with van der Waals surface area (Å²) in [5.74, 6) is 0. The van der Waals surface area contributed by atoms with E-state index in [-0.39, 0.29) is 5.56 Å². The van der Waals surface area contributed by atoms with Crippen molar-refractivity contribution in [3.63, 3.8) is 0 Å². The molecule has 4 heteroatoms. The van der Waals surface area contributed by atoms with Crippen LogP contribution < -0.4 is 10.9 Å². The van der Waals surface area contributed by atoms with Crippen LogP contribution in [0.4, 0.5) is 0 Å². The minimum Gasteiger partial charge on any atom is -0.380 e. The van der Waals surface area contributed by atoms with Crippen LogP contribution in [0.15, 0.2) is 16.9 Å². The molecule has 1 aliphatic heterocycles. The Morgan fingerprint density at radius 1 is 1.50 bits per heavy atom. The quantitative estimate of drug-likeness (QED) is 0.849. The molecule has 0 amide bonds. The number of nitrogens with one attached hydrogen (secondary N) is 2. The lowest BCUT2D eigenvalue weighted by Crippen LogP contribution is -2.48. The van der Waals surface area contributed by atoms with Gasteiger partial charge in [0.05, 0.1) is 13.2 Å². The van der Waals surface area contributed by atoms with Gasteiger partial charge >= 0.3 is 0 Å². The van der Waals surface area contributed by atoms with Crippen molar-refractivity contribution >= 4 is 0 Å². The first-order chi connectivity index (χ1) is 8.66. The fourth-order valence-electron chi connectivity index (χ4n) is 2.83. The van der Waals surface area contributed by atoms with Crippen molar-refractivity contribution in [2.24, 2.45) is 5.41 Å². The Kier molecular flexibility index (Phi) is 2.99. The van der Waals surface area contributed by atoms with Crippen LogP contribution in [0.5, 0.6) is 0 Å². The van der Waals surface area contributed by atoms with Gasteiger partial charge in [0.1, 0.15) is 0 Å². The molecule has 0 bridgehead atoms.